The van der Waals surface area contributed by atoms with Gasteiger partial charge in [0.2, 0.25) is 0 Å². The Morgan fingerprint density at radius 1 is 1.24 bits per heavy atom. The minimum Gasteiger partial charge on any atom is -0.504 e. The number of hydrogen-bond donors (Lipinski definition) is 3. The number of carbonyl (C=O) groups excluding carboxylic acids is 1. The van der Waals surface area contributed by atoms with E-state index in [2.05, 4.69) is 0 Å². The molecule has 0 saturated heterocycles. The Balaban J connectivity index is 3.23. The largest absolute Gasteiger partial charge is 0.504 e. The van der Waals surface area contributed by atoms with Crippen molar-refractivity contribution in [2.45, 2.75) is 20.8 Å². The molecule has 0 amide bonds. The first-order valence-corrected chi connectivity index (χ1v) is 5.37. The van der Waals surface area contributed by atoms with Crippen LogP contribution in [0.4, 0.5) is 0 Å². The lowest BCUT2D eigenvalue weighted by atomic mass is 9.86. The molecule has 0 aliphatic heterocycles. The van der Waals surface area contributed by atoms with Gasteiger partial charge in [0, 0.05) is 17.0 Å². The van der Waals surface area contributed by atoms with Crippen LogP contribution in [0.5, 0.6) is 11.5 Å². The number of hydrogen-bond acceptors (Lipinski definition) is 4. The molecule has 0 fully saturated rings. The molecule has 0 spiro atoms. The van der Waals surface area contributed by atoms with Crippen molar-refractivity contribution < 1.29 is 15.0 Å². The van der Waals surface area contributed by atoms with Gasteiger partial charge < -0.3 is 10.2 Å². The zero-order valence-electron chi connectivity index (χ0n) is 9.84. The minimum absolute atomic E-state index is 0.0582. The summed E-state index contributed by atoms with van der Waals surface area (Å²) in [6.07, 6.45) is 0. The van der Waals surface area contributed by atoms with E-state index in [0.717, 1.165) is 12.1 Å². The third kappa shape index (κ3) is 2.77. The van der Waals surface area contributed by atoms with Gasteiger partial charge in [0.25, 0.3) is 0 Å². The van der Waals surface area contributed by atoms with Crippen molar-refractivity contribution in [3.63, 3.8) is 0 Å². The first-order chi connectivity index (χ1) is 7.64. The maximum absolute atomic E-state index is 11.9. The third-order valence-corrected chi connectivity index (χ3v) is 2.55. The Labute approximate surface area is 104 Å². The van der Waals surface area contributed by atoms with E-state index in [0.29, 0.717) is 0 Å². The van der Waals surface area contributed by atoms with Gasteiger partial charge in [-0.05, 0) is 6.07 Å². The topological polar surface area (TPSA) is 81.4 Å². The van der Waals surface area contributed by atoms with Crippen LogP contribution in [0.3, 0.4) is 0 Å². The summed E-state index contributed by atoms with van der Waals surface area (Å²) in [6, 6.07) is 2.22. The predicted octanol–water partition coefficient (Wildman–Crippen LogP) is 2.73. The standard InChI is InChI=1S/C12H14ClNO3/c1-12(2,3)11(17)10(14)6-4-8(15)9(16)5-7(6)13/h4-5,14-16H,1-3H3. The van der Waals surface area contributed by atoms with Crippen molar-refractivity contribution in [1.82, 2.24) is 0 Å². The molecule has 92 valence electrons. The number of aromatic hydroxyl groups is 2. The van der Waals surface area contributed by atoms with E-state index < -0.39 is 11.2 Å². The van der Waals surface area contributed by atoms with E-state index in [1.54, 1.807) is 20.8 Å². The summed E-state index contributed by atoms with van der Waals surface area (Å²) >= 11 is 5.83. The van der Waals surface area contributed by atoms with Gasteiger partial charge in [0.1, 0.15) is 5.71 Å². The lowest BCUT2D eigenvalue weighted by Crippen LogP contribution is -2.28. The first kappa shape index (κ1) is 13.5. The van der Waals surface area contributed by atoms with Crippen LogP contribution >= 0.6 is 11.6 Å². The minimum atomic E-state index is -0.700. The van der Waals surface area contributed by atoms with Gasteiger partial charge >= 0.3 is 0 Å². The van der Waals surface area contributed by atoms with Gasteiger partial charge in [0.15, 0.2) is 17.3 Å². The number of Topliss-reactive ketones (excluding diaryl/α,β-unsaturated/α-hetero) is 1. The summed E-state index contributed by atoms with van der Waals surface area (Å²) in [6.45, 7) is 5.08. The summed E-state index contributed by atoms with van der Waals surface area (Å²) < 4.78 is 0. The number of carbonyl (C=O) groups is 1. The van der Waals surface area contributed by atoms with Crippen LogP contribution in [0.15, 0.2) is 12.1 Å². The number of phenols is 2. The average molecular weight is 256 g/mol. The zero-order chi connectivity index (χ0) is 13.4. The highest BCUT2D eigenvalue weighted by molar-refractivity contribution is 6.49. The second kappa shape index (κ2) is 4.37. The molecule has 3 N–H and O–H groups in total. The fourth-order valence-corrected chi connectivity index (χ4v) is 1.49. The molecule has 0 unspecified atom stereocenters. The Morgan fingerprint density at radius 2 is 1.71 bits per heavy atom. The molecular weight excluding hydrogens is 242 g/mol. The van der Waals surface area contributed by atoms with E-state index in [1.165, 1.54) is 0 Å². The van der Waals surface area contributed by atoms with Crippen LogP contribution in [-0.2, 0) is 4.79 Å². The molecule has 0 heterocycles. The van der Waals surface area contributed by atoms with Crippen molar-refractivity contribution in [2.24, 2.45) is 5.41 Å². The second-order valence-corrected chi connectivity index (χ2v) is 5.18. The molecule has 0 aliphatic rings. The Morgan fingerprint density at radius 3 is 2.18 bits per heavy atom. The summed E-state index contributed by atoms with van der Waals surface area (Å²) in [5, 5.41) is 26.4. The molecule has 4 nitrogen and oxygen atoms in total. The average Bonchev–Trinajstić information content (AvgIpc) is 2.20. The lowest BCUT2D eigenvalue weighted by Gasteiger charge is -2.17. The van der Waals surface area contributed by atoms with E-state index in [1.807, 2.05) is 0 Å². The highest BCUT2D eigenvalue weighted by atomic mass is 35.5. The molecule has 0 saturated carbocycles. The van der Waals surface area contributed by atoms with Crippen molar-refractivity contribution in [2.75, 3.05) is 0 Å². The third-order valence-electron chi connectivity index (χ3n) is 2.24. The molecule has 17 heavy (non-hydrogen) atoms. The Bertz CT molecular complexity index is 489. The molecular formula is C12H14ClNO3. The molecule has 0 atom stereocenters. The van der Waals surface area contributed by atoms with Gasteiger partial charge in [0.05, 0.1) is 5.02 Å². The van der Waals surface area contributed by atoms with Crippen LogP contribution in [0.25, 0.3) is 0 Å². The SMILES string of the molecule is CC(C)(C)C(=O)C(=N)c1cc(O)c(O)cc1Cl. The number of nitrogens with one attached hydrogen (secondary N) is 1. The van der Waals surface area contributed by atoms with Gasteiger partial charge in [-0.1, -0.05) is 32.4 Å². The van der Waals surface area contributed by atoms with E-state index >= 15 is 0 Å². The second-order valence-electron chi connectivity index (χ2n) is 4.77. The normalized spacial score (nSPS) is 11.3. The monoisotopic (exact) mass is 255 g/mol. The van der Waals surface area contributed by atoms with E-state index in [-0.39, 0.29) is 27.8 Å². The molecule has 0 bridgehead atoms. The Hall–Kier alpha value is -1.55. The molecule has 0 radical (unpaired) electrons. The zero-order valence-corrected chi connectivity index (χ0v) is 10.6. The van der Waals surface area contributed by atoms with E-state index in [4.69, 9.17) is 17.0 Å². The lowest BCUT2D eigenvalue weighted by molar-refractivity contribution is -0.119. The van der Waals surface area contributed by atoms with Crippen LogP contribution in [-0.4, -0.2) is 21.7 Å². The predicted molar refractivity (Wildman–Crippen MR) is 66.1 cm³/mol. The van der Waals surface area contributed by atoms with Gasteiger partial charge in [-0.2, -0.15) is 0 Å². The van der Waals surface area contributed by atoms with Crippen LogP contribution in [0.1, 0.15) is 26.3 Å². The number of phenolic OH excluding ortho intramolecular Hbond substituents is 2. The molecule has 1 rings (SSSR count). The Kier molecular flexibility index (Phi) is 3.48. The van der Waals surface area contributed by atoms with Crippen molar-refractivity contribution in [1.29, 1.82) is 5.41 Å². The van der Waals surface area contributed by atoms with Crippen molar-refractivity contribution in [3.8, 4) is 11.5 Å². The summed E-state index contributed by atoms with van der Waals surface area (Å²) in [7, 11) is 0. The highest BCUT2D eigenvalue weighted by Gasteiger charge is 2.27. The summed E-state index contributed by atoms with van der Waals surface area (Å²) in [5.74, 6) is -1.17. The van der Waals surface area contributed by atoms with E-state index in [9.17, 15) is 15.0 Å². The summed E-state index contributed by atoms with van der Waals surface area (Å²) in [4.78, 5) is 11.9. The maximum Gasteiger partial charge on any atom is 0.186 e. The summed E-state index contributed by atoms with van der Waals surface area (Å²) in [5.41, 5.74) is -0.867. The van der Waals surface area contributed by atoms with Crippen molar-refractivity contribution >= 4 is 23.1 Å². The molecule has 1 aromatic rings. The maximum atomic E-state index is 11.9. The molecule has 5 heteroatoms. The number of halogens is 1. The fraction of sp³-hybridized carbons (Fsp3) is 0.333. The number of rotatable bonds is 2. The van der Waals surface area contributed by atoms with Gasteiger partial charge in [-0.25, -0.2) is 0 Å². The van der Waals surface area contributed by atoms with Gasteiger partial charge in [-0.15, -0.1) is 0 Å². The first-order valence-electron chi connectivity index (χ1n) is 5.00. The smallest absolute Gasteiger partial charge is 0.186 e. The molecule has 0 aliphatic carbocycles. The highest BCUT2D eigenvalue weighted by Crippen LogP contribution is 2.32. The van der Waals surface area contributed by atoms with Crippen LogP contribution < -0.4 is 0 Å². The quantitative estimate of drug-likeness (QED) is 0.561. The molecule has 1 aromatic carbocycles. The number of benzene rings is 1. The van der Waals surface area contributed by atoms with Crippen LogP contribution in [0, 0.1) is 10.8 Å². The van der Waals surface area contributed by atoms with Crippen molar-refractivity contribution in [3.05, 3.63) is 22.7 Å². The van der Waals surface area contributed by atoms with Gasteiger partial charge in [-0.3, -0.25) is 10.2 Å². The fourth-order valence-electron chi connectivity index (χ4n) is 1.24. The number of ketones is 1. The molecule has 0 aromatic heterocycles. The van der Waals surface area contributed by atoms with Crippen LogP contribution in [0.2, 0.25) is 5.02 Å².